The van der Waals surface area contributed by atoms with Crippen LogP contribution in [0.15, 0.2) is 29.3 Å². The molecule has 3 rings (SSSR count). The Morgan fingerprint density at radius 2 is 1.92 bits per heavy atom. The maximum atomic E-state index is 12.8. The Labute approximate surface area is 152 Å². The summed E-state index contributed by atoms with van der Waals surface area (Å²) in [5, 5.41) is 2.69. The first kappa shape index (κ1) is 17.7. The van der Waals surface area contributed by atoms with Crippen molar-refractivity contribution >= 4 is 41.0 Å². The van der Waals surface area contributed by atoms with Crippen molar-refractivity contribution < 1.29 is 9.59 Å². The molecule has 132 valence electrons. The van der Waals surface area contributed by atoms with Gasteiger partial charge in [0.25, 0.3) is 5.91 Å². The first-order valence-electron chi connectivity index (χ1n) is 8.51. The van der Waals surface area contributed by atoms with Gasteiger partial charge in [-0.05, 0) is 44.1 Å². The predicted octanol–water partition coefficient (Wildman–Crippen LogP) is 1.70. The van der Waals surface area contributed by atoms with Gasteiger partial charge in [0, 0.05) is 12.3 Å². The van der Waals surface area contributed by atoms with E-state index in [1.165, 1.54) is 11.1 Å². The van der Waals surface area contributed by atoms with Crippen molar-refractivity contribution in [2.75, 3.05) is 4.90 Å². The highest BCUT2D eigenvalue weighted by molar-refractivity contribution is 7.80. The van der Waals surface area contributed by atoms with E-state index in [0.717, 1.165) is 31.2 Å². The monoisotopic (exact) mass is 358 g/mol. The summed E-state index contributed by atoms with van der Waals surface area (Å²) in [4.78, 5) is 30.9. The first-order chi connectivity index (χ1) is 12.0. The zero-order chi connectivity index (χ0) is 18.0. The Hall–Kier alpha value is -2.12. The van der Waals surface area contributed by atoms with E-state index in [2.05, 4.69) is 10.3 Å². The molecule has 7 heteroatoms. The maximum absolute atomic E-state index is 12.8. The van der Waals surface area contributed by atoms with Crippen LogP contribution in [0.3, 0.4) is 0 Å². The predicted molar refractivity (Wildman–Crippen MR) is 102 cm³/mol. The number of hydrogen-bond acceptors (Lipinski definition) is 5. The number of nitrogens with one attached hydrogen (secondary N) is 1. The molecule has 1 saturated carbocycles. The minimum atomic E-state index is -0.984. The molecule has 3 atom stereocenters. The average Bonchev–Trinajstić information content (AvgIpc) is 2.57. The lowest BCUT2D eigenvalue weighted by molar-refractivity contribution is -0.130. The highest BCUT2D eigenvalue weighted by Gasteiger charge is 2.38. The van der Waals surface area contributed by atoms with Gasteiger partial charge < -0.3 is 11.1 Å². The second-order valence-electron chi connectivity index (χ2n) is 6.60. The quantitative estimate of drug-likeness (QED) is 0.489. The number of amides is 2. The molecule has 2 aliphatic rings. The van der Waals surface area contributed by atoms with Gasteiger partial charge in [0.05, 0.1) is 11.7 Å². The molecule has 1 aromatic carbocycles. The van der Waals surface area contributed by atoms with Crippen LogP contribution in [0.4, 0.5) is 5.69 Å². The Bertz CT molecular complexity index is 716. The van der Waals surface area contributed by atoms with Crippen LogP contribution in [0, 0.1) is 12.8 Å². The van der Waals surface area contributed by atoms with Gasteiger partial charge in [-0.25, -0.2) is 0 Å². The SMILES string of the molecule is Cc1ccc(N2C(=O)[C@H](C=N[C@@H]3CCCC[C@H]3N)C(=O)NC2=S)cc1. The van der Waals surface area contributed by atoms with E-state index in [9.17, 15) is 9.59 Å². The number of aliphatic imine (C=N–C) groups is 1. The number of aryl methyl sites for hydroxylation is 1. The van der Waals surface area contributed by atoms with Crippen LogP contribution in [0.2, 0.25) is 0 Å². The maximum Gasteiger partial charge on any atom is 0.251 e. The fourth-order valence-electron chi connectivity index (χ4n) is 3.18. The van der Waals surface area contributed by atoms with Crippen LogP contribution in [-0.2, 0) is 9.59 Å². The number of nitrogens with zero attached hydrogens (tertiary/aromatic N) is 2. The fraction of sp³-hybridized carbons (Fsp3) is 0.444. The van der Waals surface area contributed by atoms with Crippen LogP contribution in [0.25, 0.3) is 0 Å². The van der Waals surface area contributed by atoms with Crippen molar-refractivity contribution in [2.45, 2.75) is 44.7 Å². The molecular formula is C18H22N4O2S. The minimum absolute atomic E-state index is 0.0129. The van der Waals surface area contributed by atoms with Crippen molar-refractivity contribution in [3.05, 3.63) is 29.8 Å². The molecule has 0 bridgehead atoms. The van der Waals surface area contributed by atoms with Crippen molar-refractivity contribution in [3.63, 3.8) is 0 Å². The van der Waals surface area contributed by atoms with E-state index in [0.29, 0.717) is 5.69 Å². The molecule has 0 aromatic heterocycles. The molecule has 6 nitrogen and oxygen atoms in total. The average molecular weight is 358 g/mol. The summed E-state index contributed by atoms with van der Waals surface area (Å²) < 4.78 is 0. The number of anilines is 1. The van der Waals surface area contributed by atoms with Gasteiger partial charge in [0.1, 0.15) is 0 Å². The number of rotatable bonds is 3. The smallest absolute Gasteiger partial charge is 0.251 e. The van der Waals surface area contributed by atoms with E-state index in [1.807, 2.05) is 31.2 Å². The third-order valence-electron chi connectivity index (χ3n) is 4.70. The minimum Gasteiger partial charge on any atom is -0.326 e. The van der Waals surface area contributed by atoms with Crippen molar-refractivity contribution in [2.24, 2.45) is 16.6 Å². The van der Waals surface area contributed by atoms with Gasteiger partial charge in [-0.3, -0.25) is 19.5 Å². The number of nitrogens with two attached hydrogens (primary N) is 1. The third kappa shape index (κ3) is 3.77. The summed E-state index contributed by atoms with van der Waals surface area (Å²) in [6, 6.07) is 7.36. The van der Waals surface area contributed by atoms with E-state index in [-0.39, 0.29) is 23.1 Å². The first-order valence-corrected chi connectivity index (χ1v) is 8.92. The van der Waals surface area contributed by atoms with Crippen molar-refractivity contribution in [1.29, 1.82) is 0 Å². The number of carbonyl (C=O) groups is 2. The normalized spacial score (nSPS) is 27.7. The second kappa shape index (κ2) is 7.41. The molecule has 1 aromatic rings. The summed E-state index contributed by atoms with van der Waals surface area (Å²) in [6.45, 7) is 1.96. The van der Waals surface area contributed by atoms with Gasteiger partial charge in [-0.1, -0.05) is 30.5 Å². The summed E-state index contributed by atoms with van der Waals surface area (Å²) >= 11 is 5.19. The lowest BCUT2D eigenvalue weighted by Gasteiger charge is -2.31. The fourth-order valence-corrected chi connectivity index (χ4v) is 3.48. The topological polar surface area (TPSA) is 87.8 Å². The van der Waals surface area contributed by atoms with Gasteiger partial charge in [0.2, 0.25) is 5.91 Å². The van der Waals surface area contributed by atoms with Crippen LogP contribution in [0.1, 0.15) is 31.2 Å². The molecule has 1 heterocycles. The summed E-state index contributed by atoms with van der Waals surface area (Å²) in [5.74, 6) is -1.81. The molecule has 0 unspecified atom stereocenters. The number of carbonyl (C=O) groups excluding carboxylic acids is 2. The molecule has 1 saturated heterocycles. The van der Waals surface area contributed by atoms with E-state index in [4.69, 9.17) is 18.0 Å². The summed E-state index contributed by atoms with van der Waals surface area (Å²) in [6.07, 6.45) is 5.43. The molecule has 1 aliphatic carbocycles. The molecule has 2 amide bonds. The lowest BCUT2D eigenvalue weighted by Crippen LogP contribution is -2.58. The number of hydrogen-bond donors (Lipinski definition) is 2. The lowest BCUT2D eigenvalue weighted by atomic mass is 9.91. The zero-order valence-electron chi connectivity index (χ0n) is 14.1. The van der Waals surface area contributed by atoms with Crippen molar-refractivity contribution in [1.82, 2.24) is 5.32 Å². The van der Waals surface area contributed by atoms with Gasteiger partial charge >= 0.3 is 0 Å². The number of thiocarbonyl (C=S) groups is 1. The number of benzene rings is 1. The molecule has 25 heavy (non-hydrogen) atoms. The summed E-state index contributed by atoms with van der Waals surface area (Å²) in [5.41, 5.74) is 7.80. The standard InChI is InChI=1S/C18H22N4O2S/c1-11-6-8-12(9-7-11)22-17(24)13(16(23)21-18(22)25)10-20-15-5-3-2-4-14(15)19/h6-10,13-15H,2-5,19H2,1H3,(H,21,23,25)/t13-,14-,15-/m1/s1. The second-order valence-corrected chi connectivity index (χ2v) is 6.98. The van der Waals surface area contributed by atoms with Gasteiger partial charge in [0.15, 0.2) is 11.0 Å². The van der Waals surface area contributed by atoms with Gasteiger partial charge in [-0.15, -0.1) is 0 Å². The largest absolute Gasteiger partial charge is 0.326 e. The van der Waals surface area contributed by atoms with Crippen LogP contribution in [-0.4, -0.2) is 35.2 Å². The van der Waals surface area contributed by atoms with Crippen molar-refractivity contribution in [3.8, 4) is 0 Å². The zero-order valence-corrected chi connectivity index (χ0v) is 15.0. The van der Waals surface area contributed by atoms with E-state index < -0.39 is 11.8 Å². The third-order valence-corrected chi connectivity index (χ3v) is 4.99. The Kier molecular flexibility index (Phi) is 5.24. The molecular weight excluding hydrogens is 336 g/mol. The Morgan fingerprint density at radius 1 is 1.24 bits per heavy atom. The van der Waals surface area contributed by atoms with Crippen LogP contribution in [0.5, 0.6) is 0 Å². The van der Waals surface area contributed by atoms with Crippen LogP contribution >= 0.6 is 12.2 Å². The van der Waals surface area contributed by atoms with Crippen LogP contribution < -0.4 is 16.0 Å². The van der Waals surface area contributed by atoms with E-state index in [1.54, 1.807) is 0 Å². The molecule has 1 aliphatic heterocycles. The molecule has 0 spiro atoms. The highest BCUT2D eigenvalue weighted by atomic mass is 32.1. The van der Waals surface area contributed by atoms with Gasteiger partial charge in [-0.2, -0.15) is 0 Å². The molecule has 0 radical (unpaired) electrons. The van der Waals surface area contributed by atoms with E-state index >= 15 is 0 Å². The highest BCUT2D eigenvalue weighted by Crippen LogP contribution is 2.22. The summed E-state index contributed by atoms with van der Waals surface area (Å²) in [7, 11) is 0. The Balaban J connectivity index is 1.81. The Morgan fingerprint density at radius 3 is 2.60 bits per heavy atom. The molecule has 3 N–H and O–H groups in total. The molecule has 2 fully saturated rings.